The van der Waals surface area contributed by atoms with Gasteiger partial charge in [0, 0.05) is 27.4 Å². The number of Topliss-reactive ketones (excluding diaryl/α,β-unsaturated/α-hetero) is 1. The van der Waals surface area contributed by atoms with Gasteiger partial charge >= 0.3 is 0 Å². The number of nitriles is 1. The van der Waals surface area contributed by atoms with Gasteiger partial charge in [0.2, 0.25) is 0 Å². The highest BCUT2D eigenvalue weighted by Gasteiger charge is 2.38. The largest absolute Gasteiger partial charge is 0.294 e. The first-order valence-corrected chi connectivity index (χ1v) is 9.02. The van der Waals surface area contributed by atoms with Crippen LogP contribution in [0.25, 0.3) is 5.69 Å². The lowest BCUT2D eigenvalue weighted by Crippen LogP contribution is -2.25. The molecule has 0 saturated carbocycles. The normalized spacial score (nSPS) is 17.9. The van der Waals surface area contributed by atoms with Crippen molar-refractivity contribution in [1.29, 1.82) is 5.26 Å². The quantitative estimate of drug-likeness (QED) is 0.587. The predicted molar refractivity (Wildman–Crippen MR) is 98.3 cm³/mol. The summed E-state index contributed by atoms with van der Waals surface area (Å²) in [4.78, 5) is 12.8. The molecule has 0 fully saturated rings. The van der Waals surface area contributed by atoms with Crippen molar-refractivity contribution in [2.75, 3.05) is 0 Å². The molecular formula is C18H11BrClN5O. The maximum absolute atomic E-state index is 12.8. The molecule has 2 aromatic carbocycles. The van der Waals surface area contributed by atoms with E-state index in [2.05, 4.69) is 37.5 Å². The number of halogens is 2. The molecule has 4 rings (SSSR count). The van der Waals surface area contributed by atoms with Crippen molar-refractivity contribution in [2.24, 2.45) is 0 Å². The summed E-state index contributed by atoms with van der Waals surface area (Å²) in [6, 6.07) is 14.8. The van der Waals surface area contributed by atoms with Crippen molar-refractivity contribution in [3.05, 3.63) is 68.9 Å². The van der Waals surface area contributed by atoms with Gasteiger partial charge < -0.3 is 0 Å². The maximum atomic E-state index is 12.8. The number of fused-ring (bicyclic) bond motifs is 3. The van der Waals surface area contributed by atoms with Crippen LogP contribution in [0.2, 0.25) is 5.02 Å². The van der Waals surface area contributed by atoms with Crippen LogP contribution in [0.15, 0.2) is 46.9 Å². The summed E-state index contributed by atoms with van der Waals surface area (Å²) in [7, 11) is 0. The average molecular weight is 429 g/mol. The van der Waals surface area contributed by atoms with Crippen LogP contribution in [0.5, 0.6) is 0 Å². The van der Waals surface area contributed by atoms with Crippen LogP contribution in [-0.4, -0.2) is 26.0 Å². The predicted octanol–water partition coefficient (Wildman–Crippen LogP) is 4.06. The fraction of sp³-hybridized carbons (Fsp3) is 0.167. The Bertz CT molecular complexity index is 1040. The summed E-state index contributed by atoms with van der Waals surface area (Å²) in [6.07, 6.45) is 0.167. The van der Waals surface area contributed by atoms with E-state index in [0.717, 1.165) is 15.7 Å². The van der Waals surface area contributed by atoms with E-state index in [1.165, 1.54) is 0 Å². The molecule has 0 radical (unpaired) electrons. The molecule has 8 heteroatoms. The Kier molecular flexibility index (Phi) is 4.31. The van der Waals surface area contributed by atoms with Gasteiger partial charge in [0.25, 0.3) is 0 Å². The van der Waals surface area contributed by atoms with Crippen molar-refractivity contribution in [2.45, 2.75) is 18.3 Å². The topological polar surface area (TPSA) is 84.5 Å². The first-order chi connectivity index (χ1) is 12.6. The van der Waals surface area contributed by atoms with Crippen molar-refractivity contribution in [3.63, 3.8) is 0 Å². The lowest BCUT2D eigenvalue weighted by atomic mass is 9.79. The minimum Gasteiger partial charge on any atom is -0.294 e. The molecule has 6 nitrogen and oxygen atoms in total. The molecule has 0 saturated heterocycles. The molecule has 0 aliphatic carbocycles. The van der Waals surface area contributed by atoms with Gasteiger partial charge in [-0.05, 0) is 46.3 Å². The highest BCUT2D eigenvalue weighted by atomic mass is 79.9. The molecule has 26 heavy (non-hydrogen) atoms. The summed E-state index contributed by atoms with van der Waals surface area (Å²) < 4.78 is 2.44. The zero-order valence-corrected chi connectivity index (χ0v) is 15.6. The van der Waals surface area contributed by atoms with Crippen LogP contribution in [0.1, 0.15) is 40.0 Å². The molecule has 3 aromatic rings. The average Bonchev–Trinajstić information content (AvgIpc) is 3.12. The Balaban J connectivity index is 1.77. The Labute approximate surface area is 162 Å². The molecule has 1 aliphatic rings. The van der Waals surface area contributed by atoms with E-state index in [1.807, 2.05) is 18.2 Å². The summed E-state index contributed by atoms with van der Waals surface area (Å²) in [6.45, 7) is 0. The number of carbonyl (C=O) groups excluding carboxylic acids is 1. The van der Waals surface area contributed by atoms with E-state index < -0.39 is 5.92 Å². The number of carbonyl (C=O) groups is 1. The Morgan fingerprint density at radius 3 is 2.77 bits per heavy atom. The molecule has 1 aliphatic heterocycles. The number of rotatable bonds is 3. The van der Waals surface area contributed by atoms with Gasteiger partial charge in [0.05, 0.1) is 11.8 Å². The van der Waals surface area contributed by atoms with E-state index >= 15 is 0 Å². The SMILES string of the molecule is N#C[C@@H]1c2nnnn2-c2ccc(Cl)cc2[C@H]1CC(=O)c1ccc(Br)cc1. The molecule has 128 valence electrons. The monoisotopic (exact) mass is 427 g/mol. The second-order valence-corrected chi connectivity index (χ2v) is 7.35. The zero-order valence-electron chi connectivity index (χ0n) is 13.3. The van der Waals surface area contributed by atoms with Crippen LogP contribution in [-0.2, 0) is 0 Å². The number of hydrogen-bond acceptors (Lipinski definition) is 5. The van der Waals surface area contributed by atoms with E-state index in [0.29, 0.717) is 16.4 Å². The number of aromatic nitrogens is 4. The van der Waals surface area contributed by atoms with Crippen molar-refractivity contribution in [3.8, 4) is 11.8 Å². The zero-order chi connectivity index (χ0) is 18.3. The maximum Gasteiger partial charge on any atom is 0.174 e. The smallest absolute Gasteiger partial charge is 0.174 e. The summed E-state index contributed by atoms with van der Waals surface area (Å²) in [5, 5.41) is 21.9. The van der Waals surface area contributed by atoms with Gasteiger partial charge in [-0.15, -0.1) is 5.10 Å². The molecule has 0 spiro atoms. The van der Waals surface area contributed by atoms with Gasteiger partial charge in [-0.2, -0.15) is 9.94 Å². The fourth-order valence-electron chi connectivity index (χ4n) is 3.26. The molecule has 0 unspecified atom stereocenters. The standard InChI is InChI=1S/C18H11BrClN5O/c19-11-3-1-10(2-4-11)17(26)8-13-14-7-12(20)5-6-16(14)25-18(15(13)9-21)22-23-24-25/h1-7,13,15H,8H2/t13-,15+/m1/s1. The fourth-order valence-corrected chi connectivity index (χ4v) is 3.71. The number of nitrogens with zero attached hydrogens (tertiary/aromatic N) is 5. The first kappa shape index (κ1) is 16.9. The lowest BCUT2D eigenvalue weighted by Gasteiger charge is -2.28. The van der Waals surface area contributed by atoms with Crippen LogP contribution in [0.3, 0.4) is 0 Å². The van der Waals surface area contributed by atoms with Crippen molar-refractivity contribution < 1.29 is 4.79 Å². The Morgan fingerprint density at radius 2 is 2.04 bits per heavy atom. The molecule has 2 heterocycles. The van der Waals surface area contributed by atoms with Crippen molar-refractivity contribution >= 4 is 33.3 Å². The summed E-state index contributed by atoms with van der Waals surface area (Å²) in [5.74, 6) is -0.607. The molecule has 0 bridgehead atoms. The molecule has 1 aromatic heterocycles. The lowest BCUT2D eigenvalue weighted by molar-refractivity contribution is 0.0970. The summed E-state index contributed by atoms with van der Waals surface area (Å²) >= 11 is 9.53. The van der Waals surface area contributed by atoms with Gasteiger partial charge in [0.1, 0.15) is 5.92 Å². The van der Waals surface area contributed by atoms with E-state index in [4.69, 9.17) is 11.6 Å². The van der Waals surface area contributed by atoms with Gasteiger partial charge in [-0.3, -0.25) is 4.79 Å². The molecule has 2 atom stereocenters. The van der Waals surface area contributed by atoms with Crippen LogP contribution < -0.4 is 0 Å². The van der Waals surface area contributed by atoms with E-state index in [-0.39, 0.29) is 18.1 Å². The molecule has 0 amide bonds. The third-order valence-electron chi connectivity index (χ3n) is 4.50. The van der Waals surface area contributed by atoms with Gasteiger partial charge in [-0.25, -0.2) is 0 Å². The van der Waals surface area contributed by atoms with Gasteiger partial charge in [-0.1, -0.05) is 39.7 Å². The highest BCUT2D eigenvalue weighted by Crippen LogP contribution is 2.43. The minimum atomic E-state index is -0.629. The van der Waals surface area contributed by atoms with Crippen LogP contribution >= 0.6 is 27.5 Å². The minimum absolute atomic E-state index is 0.0467. The Hall–Kier alpha value is -2.56. The van der Waals surface area contributed by atoms with E-state index in [1.54, 1.807) is 28.9 Å². The van der Waals surface area contributed by atoms with E-state index in [9.17, 15) is 10.1 Å². The number of tetrazole rings is 1. The number of ketones is 1. The highest BCUT2D eigenvalue weighted by molar-refractivity contribution is 9.10. The van der Waals surface area contributed by atoms with Crippen molar-refractivity contribution in [1.82, 2.24) is 20.2 Å². The first-order valence-electron chi connectivity index (χ1n) is 7.85. The van der Waals surface area contributed by atoms with Gasteiger partial charge in [0.15, 0.2) is 11.6 Å². The Morgan fingerprint density at radius 1 is 1.27 bits per heavy atom. The number of benzene rings is 2. The second-order valence-electron chi connectivity index (χ2n) is 6.00. The molecular weight excluding hydrogens is 418 g/mol. The third kappa shape index (κ3) is 2.81. The van der Waals surface area contributed by atoms with Crippen LogP contribution in [0, 0.1) is 11.3 Å². The summed E-state index contributed by atoms with van der Waals surface area (Å²) in [5.41, 5.74) is 2.14. The number of hydrogen-bond donors (Lipinski definition) is 0. The molecule has 0 N–H and O–H groups in total. The third-order valence-corrected chi connectivity index (χ3v) is 5.27. The van der Waals surface area contributed by atoms with Crippen LogP contribution in [0.4, 0.5) is 0 Å². The second kappa shape index (κ2) is 6.63.